The topological polar surface area (TPSA) is 198 Å². The van der Waals surface area contributed by atoms with Crippen LogP contribution in [-0.2, 0) is 21.7 Å². The lowest BCUT2D eigenvalue weighted by Gasteiger charge is -2.24. The van der Waals surface area contributed by atoms with Gasteiger partial charge in [-0.1, -0.05) is 125 Å². The largest absolute Gasteiger partial charge is 0.381 e. The quantitative estimate of drug-likeness (QED) is 0.0338. The molecule has 432 valence electrons. The second kappa shape index (κ2) is 31.7. The van der Waals surface area contributed by atoms with Gasteiger partial charge >= 0.3 is 0 Å². The summed E-state index contributed by atoms with van der Waals surface area (Å²) in [6.45, 7) is 49.8. The van der Waals surface area contributed by atoms with Crippen molar-refractivity contribution in [1.29, 1.82) is 0 Å². The summed E-state index contributed by atoms with van der Waals surface area (Å²) in [5.74, 6) is 0. The molecule has 76 heavy (non-hydrogen) atoms. The zero-order valence-corrected chi connectivity index (χ0v) is 51.2. The Balaban J connectivity index is 0.000000507. The Morgan fingerprint density at radius 3 is 0.789 bits per heavy atom. The monoisotopic (exact) mass is 1060 g/mol. The zero-order chi connectivity index (χ0) is 58.5. The molecule has 0 bridgehead atoms. The van der Waals surface area contributed by atoms with Crippen molar-refractivity contribution in [2.45, 2.75) is 185 Å². The van der Waals surface area contributed by atoms with E-state index in [1.165, 1.54) is 0 Å². The summed E-state index contributed by atoms with van der Waals surface area (Å²) >= 11 is 0. The molecule has 0 spiro atoms. The molecule has 0 fully saturated rings. The van der Waals surface area contributed by atoms with E-state index in [1.54, 1.807) is 0 Å². The van der Waals surface area contributed by atoms with Gasteiger partial charge in [0.1, 0.15) is 0 Å². The first-order valence-electron chi connectivity index (χ1n) is 28.3. The third-order valence-corrected chi connectivity index (χ3v) is 13.6. The van der Waals surface area contributed by atoms with E-state index >= 15 is 0 Å². The van der Waals surface area contributed by atoms with Crippen molar-refractivity contribution < 1.29 is 0 Å². The fourth-order valence-corrected chi connectivity index (χ4v) is 9.20. The fourth-order valence-electron chi connectivity index (χ4n) is 9.20. The lowest BCUT2D eigenvalue weighted by atomic mass is 9.82. The van der Waals surface area contributed by atoms with Crippen LogP contribution in [0.2, 0.25) is 0 Å². The van der Waals surface area contributed by atoms with Crippen LogP contribution in [0.25, 0.3) is 0 Å². The predicted octanol–water partition coefficient (Wildman–Crippen LogP) is 6.90. The first-order valence-corrected chi connectivity index (χ1v) is 28.3. The minimum Gasteiger partial charge on any atom is -0.381 e. The standard InChI is InChI=1S/C16H28N2O2.2C15H26N2O2.C14H24N2O2/c1-6-10-18(7-2)11-8-9-17-13-12(16(3,4)5)14(19)15(13)20;1-6-9-17(5)10-7-8-16-12-11(15(2,3)4)13(18)14(12)19;1-6-17(7-2)10-8-9-16-12-11(15(3,4)5)13(18)14(12)19;1-6-16(5)9-7-8-15-11-10(14(2,3)4)12(17)13(11)18/h17H,6-11H2,1-5H3;2*16H,6-10H2,1-5H3;15H,6-9H2,1-5H3. The molecule has 0 aliphatic rings. The van der Waals surface area contributed by atoms with Gasteiger partial charge in [-0.15, -0.1) is 0 Å². The molecule has 0 heterocycles. The van der Waals surface area contributed by atoms with Gasteiger partial charge in [0.25, 0.3) is 0 Å². The molecule has 0 aromatic heterocycles. The van der Waals surface area contributed by atoms with Crippen molar-refractivity contribution in [3.05, 3.63) is 104 Å². The van der Waals surface area contributed by atoms with Crippen molar-refractivity contribution in [3.63, 3.8) is 0 Å². The molecule has 4 aromatic rings. The maximum atomic E-state index is 11.6. The summed E-state index contributed by atoms with van der Waals surface area (Å²) in [5.41, 5.74) is 1.03. The van der Waals surface area contributed by atoms with Gasteiger partial charge < -0.3 is 40.9 Å². The molecular formula is C60H104N8O8. The molecule has 0 radical (unpaired) electrons. The highest BCUT2D eigenvalue weighted by Crippen LogP contribution is 2.28. The van der Waals surface area contributed by atoms with Crippen LogP contribution in [-0.4, -0.2) is 125 Å². The van der Waals surface area contributed by atoms with E-state index in [-0.39, 0.29) is 65.1 Å². The SMILES string of the molecule is CCCN(C)CCCNc1c(C(C)(C)C)c(=O)c1=O.CCCN(CC)CCCNc1c(C(C)(C)C)c(=O)c1=O.CCN(C)CCCNc1c(C(C)(C)C)c(=O)c1=O.CCN(CC)CCCNc1c(C(C)(C)C)c(=O)c1=O. The number of hydrogen-bond donors (Lipinski definition) is 4. The number of hydrogen-bond acceptors (Lipinski definition) is 16. The van der Waals surface area contributed by atoms with Crippen molar-refractivity contribution >= 4 is 22.7 Å². The minimum absolute atomic E-state index is 0.256. The molecule has 4 N–H and O–H groups in total. The molecule has 16 nitrogen and oxygen atoms in total. The molecule has 0 saturated heterocycles. The van der Waals surface area contributed by atoms with Gasteiger partial charge in [0.15, 0.2) is 0 Å². The van der Waals surface area contributed by atoms with Crippen molar-refractivity contribution in [1.82, 2.24) is 19.6 Å². The highest BCUT2D eigenvalue weighted by atomic mass is 16.2. The van der Waals surface area contributed by atoms with Gasteiger partial charge in [0, 0.05) is 48.4 Å². The van der Waals surface area contributed by atoms with Crippen LogP contribution in [0.15, 0.2) is 38.4 Å². The molecule has 0 aliphatic carbocycles. The molecule has 0 saturated carbocycles. The predicted molar refractivity (Wildman–Crippen MR) is 324 cm³/mol. The van der Waals surface area contributed by atoms with E-state index in [2.05, 4.69) is 96.5 Å². The second-order valence-electron chi connectivity index (χ2n) is 24.4. The van der Waals surface area contributed by atoms with E-state index in [9.17, 15) is 38.4 Å². The molecule has 0 atom stereocenters. The van der Waals surface area contributed by atoms with Crippen LogP contribution in [0.3, 0.4) is 0 Å². The van der Waals surface area contributed by atoms with E-state index in [0.29, 0.717) is 45.0 Å². The molecule has 0 aliphatic heterocycles. The summed E-state index contributed by atoms with van der Waals surface area (Å²) in [6, 6.07) is 0. The molecule has 16 heteroatoms. The lowest BCUT2D eigenvalue weighted by molar-refractivity contribution is 0.288. The Labute approximate surface area is 456 Å². The smallest absolute Gasteiger partial charge is 0.249 e. The molecule has 0 unspecified atom stereocenters. The van der Waals surface area contributed by atoms with Gasteiger partial charge in [-0.25, -0.2) is 0 Å². The summed E-state index contributed by atoms with van der Waals surface area (Å²) in [5, 5.41) is 12.6. The van der Waals surface area contributed by atoms with Gasteiger partial charge in [-0.3, -0.25) is 38.4 Å². The maximum Gasteiger partial charge on any atom is 0.249 e. The maximum absolute atomic E-state index is 11.6. The normalized spacial score (nSPS) is 12.3. The van der Waals surface area contributed by atoms with Gasteiger partial charge in [-0.2, -0.15) is 0 Å². The van der Waals surface area contributed by atoms with Crippen LogP contribution in [0, 0.1) is 0 Å². The highest BCUT2D eigenvalue weighted by Gasteiger charge is 2.33. The second-order valence-corrected chi connectivity index (χ2v) is 24.4. The number of rotatable bonds is 28. The fraction of sp³-hybridized carbons (Fsp3) is 0.733. The Kier molecular flexibility index (Phi) is 28.9. The van der Waals surface area contributed by atoms with Crippen molar-refractivity contribution in [2.75, 3.05) is 127 Å². The zero-order valence-electron chi connectivity index (χ0n) is 51.2. The first kappa shape index (κ1) is 69.4. The number of anilines is 4. The average Bonchev–Trinajstić information content (AvgIpc) is 3.33. The number of nitrogens with one attached hydrogen (secondary N) is 4. The lowest BCUT2D eigenvalue weighted by Crippen LogP contribution is -2.43. The van der Waals surface area contributed by atoms with E-state index in [4.69, 9.17) is 0 Å². The van der Waals surface area contributed by atoms with E-state index in [1.807, 2.05) is 83.1 Å². The van der Waals surface area contributed by atoms with Crippen LogP contribution >= 0.6 is 0 Å². The molecule has 4 rings (SSSR count). The molecular weight excluding hydrogens is 961 g/mol. The summed E-state index contributed by atoms with van der Waals surface area (Å²) < 4.78 is 0. The minimum atomic E-state index is -0.358. The average molecular weight is 1070 g/mol. The van der Waals surface area contributed by atoms with Gasteiger partial charge in [0.05, 0.1) is 22.7 Å². The Bertz CT molecular complexity index is 2640. The molecule has 4 aromatic carbocycles. The third-order valence-electron chi connectivity index (χ3n) is 13.6. The van der Waals surface area contributed by atoms with E-state index < -0.39 is 0 Å². The van der Waals surface area contributed by atoms with Crippen LogP contribution in [0.4, 0.5) is 22.7 Å². The Morgan fingerprint density at radius 2 is 0.553 bits per heavy atom. The molecule has 0 amide bonds. The summed E-state index contributed by atoms with van der Waals surface area (Å²) in [4.78, 5) is 102. The summed E-state index contributed by atoms with van der Waals surface area (Å²) in [6.07, 6.45) is 6.20. The first-order chi connectivity index (χ1) is 35.2. The van der Waals surface area contributed by atoms with Crippen LogP contribution in [0.5, 0.6) is 0 Å². The highest BCUT2D eigenvalue weighted by molar-refractivity contribution is 5.61. The number of nitrogens with zero attached hydrogens (tertiary/aromatic N) is 4. The van der Waals surface area contributed by atoms with Gasteiger partial charge in [0.2, 0.25) is 43.4 Å². The van der Waals surface area contributed by atoms with E-state index in [0.717, 1.165) is 130 Å². The summed E-state index contributed by atoms with van der Waals surface area (Å²) in [7, 11) is 4.17. The Morgan fingerprint density at radius 1 is 0.303 bits per heavy atom. The van der Waals surface area contributed by atoms with Crippen LogP contribution in [0.1, 0.15) is 185 Å². The Hall–Kier alpha value is -4.64. The van der Waals surface area contributed by atoms with Crippen LogP contribution < -0.4 is 64.7 Å². The van der Waals surface area contributed by atoms with Gasteiger partial charge in [-0.05, 0) is 140 Å². The third kappa shape index (κ3) is 20.6. The van der Waals surface area contributed by atoms with Crippen molar-refractivity contribution in [3.8, 4) is 0 Å². The van der Waals surface area contributed by atoms with Crippen molar-refractivity contribution in [2.24, 2.45) is 0 Å².